The van der Waals surface area contributed by atoms with E-state index >= 15 is 0 Å². The van der Waals surface area contributed by atoms with Gasteiger partial charge in [-0.2, -0.15) is 4.39 Å². The Morgan fingerprint density at radius 1 is 0.419 bits per heavy atom. The first kappa shape index (κ1) is 90.0. The van der Waals surface area contributed by atoms with Crippen LogP contribution in [0.1, 0.15) is 129 Å². The summed E-state index contributed by atoms with van der Waals surface area (Å²) < 4.78 is 123. The lowest BCUT2D eigenvalue weighted by molar-refractivity contribution is 0.0977. The monoisotopic (exact) mass is 1740 g/mol. The number of aryl methyl sites for hydroxylation is 2. The summed E-state index contributed by atoms with van der Waals surface area (Å²) >= 11 is 13.0. The second-order valence-corrected chi connectivity index (χ2v) is 28.3. The zero-order valence-electron chi connectivity index (χ0n) is 65.8. The standard InChI is InChI=1S/C19H15ClFN3O2.C19H15F2N3O2.C18H14F2N4O.C16H11ClFN3O2S.C16H12FN3O3/c1-12(21)18-4-2-3-15(24-18)8-19(25)13-5-14(20)7-16(6-13)26-17-9-22-11-23-10-17;1-12(20)18-4-2-3-15(24-18)8-19(25)13-5-14(21)7-16(6-13)26-17-9-22-11-23-10-17;1-24(15-9-21-11-22-10-15)14-6-12(5-13(19)7-14)18(25)8-17-16(20)3-2-4-23-17;1-9-16(18)24-15(21-9)5-14(22)10-2-11(17)4-12(3-10)23-13-6-19-8-20-7-13;1-10-8-22-16(20-10)5-15(21)11-2-12(17)4-13(3-11)23-14-6-18-9-19-7-14/h2*2-7,9-12H,8H2,1H3;2-7,9-11H,8H2,1H3;2-4,6-8H,5H2,1H3;2-4,6-9H,5H2,1H3. The van der Waals surface area contributed by atoms with Crippen LogP contribution in [0.2, 0.25) is 10.0 Å². The number of carbonyl (C=O) groups excluding carboxylic acids is 5. The molecule has 0 fully saturated rings. The summed E-state index contributed by atoms with van der Waals surface area (Å²) in [4.78, 5) is 122. The number of hydrogen-bond donors (Lipinski definition) is 0. The van der Waals surface area contributed by atoms with Crippen molar-refractivity contribution in [2.24, 2.45) is 0 Å². The molecule has 0 aliphatic carbocycles. The normalized spacial score (nSPS) is 11.1. The Kier molecular flexibility index (Phi) is 31.9. The Morgan fingerprint density at radius 3 is 1.21 bits per heavy atom. The second-order valence-electron chi connectivity index (χ2n) is 26.4. The van der Waals surface area contributed by atoms with E-state index in [1.165, 1.54) is 150 Å². The SMILES string of the molecule is CC(F)c1cccc(CC(=O)c2cc(Cl)cc(Oc3cncnc3)c2)n1.CC(F)c1cccc(CC(=O)c2cc(F)cc(Oc3cncnc3)c2)n1.CN(c1cncnc1)c1cc(F)cc(C(=O)Cc2ncccc2F)c1.Cc1coc(CC(=O)c2cc(F)cc(Oc3cncnc3)c2)n1.Cc1nc(CC(=O)c2cc(Cl)cc(Oc3cncnc3)c2)sc1F. The van der Waals surface area contributed by atoms with Gasteiger partial charge in [0.1, 0.15) is 102 Å². The highest BCUT2D eigenvalue weighted by molar-refractivity contribution is 7.10. The number of aromatic nitrogens is 15. The number of Topliss-reactive ketones (excluding diaryl/α,β-unsaturated/α-hetero) is 5. The number of oxazole rings is 1. The van der Waals surface area contributed by atoms with Gasteiger partial charge in [-0.05, 0) is 143 Å². The van der Waals surface area contributed by atoms with Gasteiger partial charge in [0.2, 0.25) is 5.89 Å². The van der Waals surface area contributed by atoms with Crippen molar-refractivity contribution in [1.29, 1.82) is 0 Å². The van der Waals surface area contributed by atoms with Gasteiger partial charge in [-0.3, -0.25) is 38.9 Å². The number of thiazole rings is 1. The number of ether oxygens (including phenoxy) is 4. The zero-order valence-corrected chi connectivity index (χ0v) is 68.2. The quantitative estimate of drug-likeness (QED) is 0.0341. The summed E-state index contributed by atoms with van der Waals surface area (Å²) in [5, 5.41) is 0.766. The highest BCUT2D eigenvalue weighted by Gasteiger charge is 2.22. The van der Waals surface area contributed by atoms with E-state index in [0.29, 0.717) is 101 Å². The Labute approximate surface area is 716 Å². The number of pyridine rings is 3. The van der Waals surface area contributed by atoms with E-state index in [0.717, 1.165) is 35.6 Å². The number of carbonyl (C=O) groups is 5. The van der Waals surface area contributed by atoms with Crippen LogP contribution in [0, 0.1) is 42.2 Å². The van der Waals surface area contributed by atoms with Crippen molar-refractivity contribution >= 4 is 74.8 Å². The van der Waals surface area contributed by atoms with Crippen molar-refractivity contribution < 1.29 is 78.1 Å². The summed E-state index contributed by atoms with van der Waals surface area (Å²) in [5.74, 6) is -0.880. The summed E-state index contributed by atoms with van der Waals surface area (Å²) in [6.07, 6.45) is 21.8. The van der Waals surface area contributed by atoms with Crippen LogP contribution < -0.4 is 23.8 Å². The average Bonchev–Trinajstić information content (AvgIpc) is 1.07. The first-order valence-electron chi connectivity index (χ1n) is 36.9. The van der Waals surface area contributed by atoms with Crippen LogP contribution >= 0.6 is 34.5 Å². The van der Waals surface area contributed by atoms with Gasteiger partial charge < -0.3 is 28.3 Å². The molecule has 0 amide bonds. The van der Waals surface area contributed by atoms with E-state index in [2.05, 4.69) is 74.8 Å². The number of rotatable bonds is 27. The molecule has 2 atom stereocenters. The first-order valence-corrected chi connectivity index (χ1v) is 38.5. The maximum absolute atomic E-state index is 14.0. The minimum atomic E-state index is -1.23. The molecule has 10 aromatic heterocycles. The number of alkyl halides is 2. The molecular formula is C88H67Cl2F7N16O10S. The van der Waals surface area contributed by atoms with Crippen LogP contribution in [-0.4, -0.2) is 111 Å². The van der Waals surface area contributed by atoms with Crippen molar-refractivity contribution in [3.8, 4) is 46.0 Å². The number of benzene rings is 5. The van der Waals surface area contributed by atoms with Crippen molar-refractivity contribution in [1.82, 2.24) is 74.8 Å². The van der Waals surface area contributed by atoms with Gasteiger partial charge >= 0.3 is 0 Å². The summed E-state index contributed by atoms with van der Waals surface area (Å²) in [5.41, 5.74) is 4.77. The Bertz CT molecular complexity index is 6020. The molecule has 15 aromatic rings. The molecule has 0 aliphatic rings. The molecule has 0 saturated carbocycles. The van der Waals surface area contributed by atoms with Crippen LogP contribution in [0.25, 0.3) is 0 Å². The number of anilines is 2. The predicted molar refractivity (Wildman–Crippen MR) is 441 cm³/mol. The third-order valence-corrected chi connectivity index (χ3v) is 18.2. The molecular weight excluding hydrogens is 1680 g/mol. The maximum atomic E-state index is 14.0. The van der Waals surface area contributed by atoms with Gasteiger partial charge in [-0.1, -0.05) is 46.7 Å². The molecule has 124 heavy (non-hydrogen) atoms. The first-order chi connectivity index (χ1) is 59.7. The van der Waals surface area contributed by atoms with Crippen molar-refractivity contribution in [2.75, 3.05) is 11.9 Å². The molecule has 0 N–H and O–H groups in total. The molecule has 2 unspecified atom stereocenters. The number of hydrogen-bond acceptors (Lipinski definition) is 27. The van der Waals surface area contributed by atoms with Crippen molar-refractivity contribution in [3.05, 3.63) is 363 Å². The topological polar surface area (TPSA) is 332 Å². The molecule has 5 aromatic carbocycles. The fourth-order valence-electron chi connectivity index (χ4n) is 11.0. The Balaban J connectivity index is 0.000000151. The molecule has 0 radical (unpaired) electrons. The van der Waals surface area contributed by atoms with E-state index in [1.807, 2.05) is 0 Å². The van der Waals surface area contributed by atoms with Crippen molar-refractivity contribution in [3.63, 3.8) is 0 Å². The number of ketones is 5. The Hall–Kier alpha value is -14.8. The average molecular weight is 1740 g/mol. The van der Waals surface area contributed by atoms with Crippen LogP contribution in [0.15, 0.2) is 250 Å². The molecule has 0 bridgehead atoms. The molecule has 10 heterocycles. The van der Waals surface area contributed by atoms with Crippen LogP contribution in [-0.2, 0) is 32.1 Å². The Morgan fingerprint density at radius 2 is 0.806 bits per heavy atom. The predicted octanol–water partition coefficient (Wildman–Crippen LogP) is 19.8. The lowest BCUT2D eigenvalue weighted by atomic mass is 10.0. The highest BCUT2D eigenvalue weighted by Crippen LogP contribution is 2.32. The fourth-order valence-corrected chi connectivity index (χ4v) is 12.2. The van der Waals surface area contributed by atoms with Crippen molar-refractivity contribution in [2.45, 2.75) is 72.1 Å². The minimum Gasteiger partial charge on any atom is -0.454 e. The third-order valence-electron chi connectivity index (χ3n) is 16.8. The zero-order chi connectivity index (χ0) is 88.2. The fraction of sp³-hybridized carbons (Fsp3) is 0.136. The number of halogens is 9. The molecule has 0 aliphatic heterocycles. The van der Waals surface area contributed by atoms with Gasteiger partial charge in [0.25, 0.3) is 0 Å². The minimum absolute atomic E-state index is 0.00363. The van der Waals surface area contributed by atoms with Gasteiger partial charge in [0, 0.05) is 80.3 Å². The van der Waals surface area contributed by atoms with E-state index in [9.17, 15) is 54.7 Å². The smallest absolute Gasteiger partial charge is 0.202 e. The largest absolute Gasteiger partial charge is 0.454 e. The molecule has 0 saturated heterocycles. The van der Waals surface area contributed by atoms with Gasteiger partial charge in [0.15, 0.2) is 57.0 Å². The van der Waals surface area contributed by atoms with Gasteiger partial charge in [-0.25, -0.2) is 86.2 Å². The van der Waals surface area contributed by atoms with Gasteiger partial charge in [-0.15, -0.1) is 0 Å². The molecule has 36 heteroatoms. The maximum Gasteiger partial charge on any atom is 0.202 e. The van der Waals surface area contributed by atoms with Crippen LogP contribution in [0.3, 0.4) is 0 Å². The number of nitrogens with zero attached hydrogens (tertiary/aromatic N) is 16. The third kappa shape index (κ3) is 27.6. The van der Waals surface area contributed by atoms with E-state index < -0.39 is 41.4 Å². The highest BCUT2D eigenvalue weighted by atomic mass is 35.5. The molecule has 26 nitrogen and oxygen atoms in total. The lowest BCUT2D eigenvalue weighted by Crippen LogP contribution is -2.13. The summed E-state index contributed by atoms with van der Waals surface area (Å²) in [6.45, 7) is 6.10. The van der Waals surface area contributed by atoms with Gasteiger partial charge in [0.05, 0.1) is 128 Å². The van der Waals surface area contributed by atoms with E-state index in [4.69, 9.17) is 46.6 Å². The molecule has 0 spiro atoms. The second kappa shape index (κ2) is 44.0. The van der Waals surface area contributed by atoms with E-state index in [-0.39, 0.29) is 106 Å². The summed E-state index contributed by atoms with van der Waals surface area (Å²) in [7, 11) is 1.71. The summed E-state index contributed by atoms with van der Waals surface area (Å²) in [6, 6.07) is 33.3. The van der Waals surface area contributed by atoms with Crippen LogP contribution in [0.4, 0.5) is 42.1 Å². The van der Waals surface area contributed by atoms with E-state index in [1.54, 1.807) is 111 Å². The lowest BCUT2D eigenvalue weighted by Gasteiger charge is -2.19. The molecule has 15 rings (SSSR count). The molecule has 628 valence electrons. The van der Waals surface area contributed by atoms with Crippen LogP contribution in [0.5, 0.6) is 46.0 Å².